The van der Waals surface area contributed by atoms with E-state index >= 15 is 0 Å². The van der Waals surface area contributed by atoms with Crippen molar-refractivity contribution in [3.05, 3.63) is 229 Å². The first-order chi connectivity index (χ1) is 28.7. The lowest BCUT2D eigenvalue weighted by atomic mass is 9.71. The molecule has 0 bridgehead atoms. The van der Waals surface area contributed by atoms with Gasteiger partial charge >= 0.3 is 0 Å². The minimum absolute atomic E-state index is 0.664. The summed E-state index contributed by atoms with van der Waals surface area (Å²) in [4.78, 5) is 15.5. The zero-order valence-corrected chi connectivity index (χ0v) is 31.5. The van der Waals surface area contributed by atoms with Gasteiger partial charge < -0.3 is 4.74 Å². The van der Waals surface area contributed by atoms with Crippen LogP contribution in [0.1, 0.15) is 16.7 Å². The lowest BCUT2D eigenvalue weighted by Crippen LogP contribution is -2.25. The van der Waals surface area contributed by atoms with E-state index in [1.54, 1.807) is 6.26 Å². The van der Waals surface area contributed by atoms with Gasteiger partial charge in [-0.15, -0.1) is 0 Å². The molecule has 9 aromatic rings. The van der Waals surface area contributed by atoms with Crippen LogP contribution in [0, 0.1) is 0 Å². The summed E-state index contributed by atoms with van der Waals surface area (Å²) < 4.78 is 6.43. The summed E-state index contributed by atoms with van der Waals surface area (Å²) in [7, 11) is 0. The lowest BCUT2D eigenvalue weighted by molar-refractivity contribution is 0.469. The van der Waals surface area contributed by atoms with Crippen molar-refractivity contribution in [1.29, 1.82) is 0 Å². The van der Waals surface area contributed by atoms with Gasteiger partial charge in [-0.1, -0.05) is 164 Å². The molecule has 0 saturated heterocycles. The molecule has 1 atom stereocenters. The van der Waals surface area contributed by atoms with E-state index in [9.17, 15) is 0 Å². The number of rotatable bonds is 4. The van der Waals surface area contributed by atoms with Gasteiger partial charge in [-0.25, -0.2) is 9.97 Å². The highest BCUT2D eigenvalue weighted by atomic mass is 16.5. The van der Waals surface area contributed by atoms with Crippen molar-refractivity contribution in [2.45, 2.75) is 5.41 Å². The zero-order valence-electron chi connectivity index (χ0n) is 31.5. The van der Waals surface area contributed by atoms with Crippen molar-refractivity contribution < 1.29 is 4.74 Å². The Morgan fingerprint density at radius 1 is 0.431 bits per heavy atom. The molecule has 0 radical (unpaired) electrons. The molecular formula is C54H35N3O. The number of hydrogen-bond donors (Lipinski definition) is 0. The van der Waals surface area contributed by atoms with Gasteiger partial charge in [-0.2, -0.15) is 0 Å². The monoisotopic (exact) mass is 741 g/mol. The summed E-state index contributed by atoms with van der Waals surface area (Å²) in [5, 5.41) is 3.43. The van der Waals surface area contributed by atoms with Gasteiger partial charge in [0, 0.05) is 39.4 Å². The summed E-state index contributed by atoms with van der Waals surface area (Å²) >= 11 is 0. The number of aromatic nitrogens is 3. The fourth-order valence-corrected chi connectivity index (χ4v) is 8.86. The molecule has 7 aromatic carbocycles. The summed E-state index contributed by atoms with van der Waals surface area (Å²) in [6.45, 7) is 0. The fraction of sp³-hybridized carbons (Fsp3) is 0.0185. The van der Waals surface area contributed by atoms with Gasteiger partial charge in [0.15, 0.2) is 5.82 Å². The summed E-state index contributed by atoms with van der Waals surface area (Å²) in [6.07, 6.45) is 14.1. The Morgan fingerprint density at radius 2 is 1.12 bits per heavy atom. The molecular weight excluding hydrogens is 707 g/mol. The highest BCUT2D eigenvalue weighted by molar-refractivity contribution is 5.98. The molecule has 58 heavy (non-hydrogen) atoms. The van der Waals surface area contributed by atoms with Crippen molar-refractivity contribution >= 4 is 21.7 Å². The first kappa shape index (κ1) is 33.6. The maximum atomic E-state index is 6.43. The van der Waals surface area contributed by atoms with Crippen molar-refractivity contribution in [2.75, 3.05) is 0 Å². The largest absolute Gasteiger partial charge is 0.465 e. The maximum Gasteiger partial charge on any atom is 0.160 e. The highest BCUT2D eigenvalue weighted by Crippen LogP contribution is 2.57. The number of pyridine rings is 1. The smallest absolute Gasteiger partial charge is 0.160 e. The Kier molecular flexibility index (Phi) is 8.00. The van der Waals surface area contributed by atoms with E-state index in [-0.39, 0.29) is 0 Å². The second-order valence-corrected chi connectivity index (χ2v) is 14.8. The van der Waals surface area contributed by atoms with Crippen LogP contribution in [-0.4, -0.2) is 15.0 Å². The third kappa shape index (κ3) is 5.49. The molecule has 1 spiro atoms. The van der Waals surface area contributed by atoms with E-state index < -0.39 is 5.41 Å². The number of fused-ring (bicyclic) bond motifs is 9. The SMILES string of the molecule is C1=C/C=C/C2(c3ccccc3OC=C1)c1cc(-c3nc(-c4ccccc4)cc(-c4cccc5ccccc45)n3)ccc1-c1ccc(-c3cccc4cccnc34)cc12. The minimum Gasteiger partial charge on any atom is -0.465 e. The average molecular weight is 742 g/mol. The van der Waals surface area contributed by atoms with Gasteiger partial charge in [-0.3, -0.25) is 4.98 Å². The van der Waals surface area contributed by atoms with E-state index in [1.807, 2.05) is 36.5 Å². The predicted octanol–water partition coefficient (Wildman–Crippen LogP) is 13.2. The molecule has 4 nitrogen and oxygen atoms in total. The standard InChI is InChI=1S/C54H35N3O/c1-2-11-32-58-51-25-9-8-24-46(51)54(30-10-1)47-33-39(42-22-13-19-38-20-14-31-55-52(38)42)26-28-43(47)44-29-27-40(34-48(44)54)53-56-49(37-16-4-3-5-17-37)35-50(57-53)45-23-12-18-36-15-6-7-21-41(36)45/h1-35H/b2-1?,30-10+,32-11?. The van der Waals surface area contributed by atoms with Gasteiger partial charge in [-0.05, 0) is 75.0 Å². The van der Waals surface area contributed by atoms with Crippen molar-refractivity contribution in [3.63, 3.8) is 0 Å². The summed E-state index contributed by atoms with van der Waals surface area (Å²) in [5.41, 5.74) is 12.9. The quantitative estimate of drug-likeness (QED) is 0.180. The van der Waals surface area contributed by atoms with Crippen LogP contribution in [0.15, 0.2) is 213 Å². The first-order valence-electron chi connectivity index (χ1n) is 19.6. The lowest BCUT2D eigenvalue weighted by Gasteiger charge is -2.32. The number of benzene rings is 7. The van der Waals surface area contributed by atoms with Crippen LogP contribution in [0.25, 0.3) is 77.8 Å². The Bertz CT molecular complexity index is 3150. The van der Waals surface area contributed by atoms with Crippen LogP contribution >= 0.6 is 0 Å². The fourth-order valence-electron chi connectivity index (χ4n) is 8.86. The van der Waals surface area contributed by atoms with Crippen LogP contribution in [-0.2, 0) is 5.41 Å². The van der Waals surface area contributed by atoms with Crippen LogP contribution in [0.2, 0.25) is 0 Å². The Labute approximate surface area is 336 Å². The predicted molar refractivity (Wildman–Crippen MR) is 236 cm³/mol. The normalized spacial score (nSPS) is 15.8. The van der Waals surface area contributed by atoms with E-state index in [0.717, 1.165) is 77.9 Å². The zero-order chi connectivity index (χ0) is 38.5. The van der Waals surface area contributed by atoms with Gasteiger partial charge in [0.05, 0.1) is 28.6 Å². The number of ether oxygens (including phenoxy) is 1. The molecule has 1 aliphatic heterocycles. The molecule has 11 rings (SSSR count). The number of allylic oxidation sites excluding steroid dienone is 5. The van der Waals surface area contributed by atoms with Crippen molar-refractivity contribution in [1.82, 2.24) is 15.0 Å². The Morgan fingerprint density at radius 3 is 2.02 bits per heavy atom. The maximum absolute atomic E-state index is 6.43. The number of para-hydroxylation sites is 2. The second-order valence-electron chi connectivity index (χ2n) is 14.8. The number of hydrogen-bond acceptors (Lipinski definition) is 4. The molecule has 4 heteroatoms. The van der Waals surface area contributed by atoms with Gasteiger partial charge in [0.1, 0.15) is 5.75 Å². The molecule has 1 unspecified atom stereocenters. The first-order valence-corrected chi connectivity index (χ1v) is 19.6. The molecule has 2 aromatic heterocycles. The van der Waals surface area contributed by atoms with Crippen LogP contribution < -0.4 is 4.74 Å². The molecule has 0 saturated carbocycles. The topological polar surface area (TPSA) is 47.9 Å². The molecule has 0 fully saturated rings. The van der Waals surface area contributed by atoms with E-state index in [4.69, 9.17) is 19.7 Å². The molecule has 2 aliphatic rings. The highest BCUT2D eigenvalue weighted by Gasteiger charge is 2.45. The summed E-state index contributed by atoms with van der Waals surface area (Å²) in [5.74, 6) is 1.46. The molecule has 0 amide bonds. The Hall–Kier alpha value is -7.69. The second kappa shape index (κ2) is 13.8. The molecule has 1 aliphatic carbocycles. The van der Waals surface area contributed by atoms with E-state index in [0.29, 0.717) is 5.82 Å². The van der Waals surface area contributed by atoms with Gasteiger partial charge in [0.25, 0.3) is 0 Å². The molecule has 3 heterocycles. The third-order valence-corrected chi connectivity index (χ3v) is 11.5. The van der Waals surface area contributed by atoms with Crippen molar-refractivity contribution in [3.8, 4) is 61.9 Å². The van der Waals surface area contributed by atoms with Crippen LogP contribution in [0.3, 0.4) is 0 Å². The summed E-state index contributed by atoms with van der Waals surface area (Å²) in [6, 6.07) is 59.9. The minimum atomic E-state index is -0.726. The molecule has 272 valence electrons. The molecule has 0 N–H and O–H groups in total. The third-order valence-electron chi connectivity index (χ3n) is 11.5. The average Bonchev–Trinajstić information content (AvgIpc) is 3.57. The van der Waals surface area contributed by atoms with Gasteiger partial charge in [0.2, 0.25) is 0 Å². The van der Waals surface area contributed by atoms with E-state index in [1.165, 1.54) is 16.5 Å². The van der Waals surface area contributed by atoms with E-state index in [2.05, 4.69) is 170 Å². The van der Waals surface area contributed by atoms with Crippen LogP contribution in [0.4, 0.5) is 0 Å². The van der Waals surface area contributed by atoms with Crippen molar-refractivity contribution in [2.24, 2.45) is 0 Å². The Balaban J connectivity index is 1.17. The van der Waals surface area contributed by atoms with Crippen LogP contribution in [0.5, 0.6) is 5.75 Å². The number of nitrogens with zero attached hydrogens (tertiary/aromatic N) is 3.